The van der Waals surface area contributed by atoms with Crippen LogP contribution in [0, 0.1) is 0 Å². The van der Waals surface area contributed by atoms with Crippen LogP contribution < -0.4 is 15.5 Å². The van der Waals surface area contributed by atoms with Gasteiger partial charge in [-0.3, -0.25) is 4.79 Å². The van der Waals surface area contributed by atoms with Crippen molar-refractivity contribution >= 4 is 17.3 Å². The molecule has 0 atom stereocenters. The van der Waals surface area contributed by atoms with Gasteiger partial charge in [0.1, 0.15) is 0 Å². The van der Waals surface area contributed by atoms with Gasteiger partial charge in [0.15, 0.2) is 0 Å². The van der Waals surface area contributed by atoms with Gasteiger partial charge in [-0.1, -0.05) is 25.0 Å². The molecular weight excluding hydrogens is 262 g/mol. The molecule has 0 spiro atoms. The first kappa shape index (κ1) is 15.8. The van der Waals surface area contributed by atoms with Crippen molar-refractivity contribution in [3.8, 4) is 0 Å². The zero-order valence-corrected chi connectivity index (χ0v) is 13.2. The Morgan fingerprint density at radius 3 is 2.71 bits per heavy atom. The van der Waals surface area contributed by atoms with Crippen molar-refractivity contribution in [3.63, 3.8) is 0 Å². The molecule has 0 saturated heterocycles. The molecule has 116 valence electrons. The molecule has 4 heteroatoms. The van der Waals surface area contributed by atoms with Crippen LogP contribution in [0.5, 0.6) is 0 Å². The summed E-state index contributed by atoms with van der Waals surface area (Å²) in [6, 6.07) is 8.72. The Hall–Kier alpha value is -1.55. The highest BCUT2D eigenvalue weighted by molar-refractivity contribution is 5.94. The predicted molar refractivity (Wildman–Crippen MR) is 88.9 cm³/mol. The summed E-state index contributed by atoms with van der Waals surface area (Å²) in [6.45, 7) is 0.872. The molecular formula is C17H27N3O. The van der Waals surface area contributed by atoms with Crippen LogP contribution >= 0.6 is 0 Å². The molecule has 1 fully saturated rings. The molecule has 1 aliphatic carbocycles. The maximum absolute atomic E-state index is 12.0. The molecule has 2 rings (SSSR count). The number of nitrogens with zero attached hydrogens (tertiary/aromatic N) is 1. The first-order valence-corrected chi connectivity index (χ1v) is 7.98. The first-order valence-electron chi connectivity index (χ1n) is 7.98. The van der Waals surface area contributed by atoms with E-state index in [0.717, 1.165) is 24.3 Å². The van der Waals surface area contributed by atoms with Crippen molar-refractivity contribution in [2.24, 2.45) is 0 Å². The zero-order valence-electron chi connectivity index (χ0n) is 13.2. The van der Waals surface area contributed by atoms with Crippen LogP contribution in [0.3, 0.4) is 0 Å². The fourth-order valence-corrected chi connectivity index (χ4v) is 3.01. The SMILES string of the molecule is CNCCCC(=O)Nc1ccccc1N(C)C1CCCC1. The molecule has 4 nitrogen and oxygen atoms in total. The second-order valence-electron chi connectivity index (χ2n) is 5.82. The normalized spacial score (nSPS) is 15.1. The topological polar surface area (TPSA) is 44.4 Å². The van der Waals surface area contributed by atoms with E-state index in [4.69, 9.17) is 0 Å². The number of benzene rings is 1. The number of nitrogens with one attached hydrogen (secondary N) is 2. The number of para-hydroxylation sites is 2. The van der Waals surface area contributed by atoms with E-state index in [1.54, 1.807) is 0 Å². The Balaban J connectivity index is 2.00. The second-order valence-corrected chi connectivity index (χ2v) is 5.82. The third-order valence-corrected chi connectivity index (χ3v) is 4.26. The van der Waals surface area contributed by atoms with Crippen molar-refractivity contribution in [2.45, 2.75) is 44.6 Å². The fraction of sp³-hybridized carbons (Fsp3) is 0.588. The summed E-state index contributed by atoms with van der Waals surface area (Å²) in [6.07, 6.45) is 6.55. The Morgan fingerprint density at radius 1 is 1.29 bits per heavy atom. The number of hydrogen-bond acceptors (Lipinski definition) is 3. The highest BCUT2D eigenvalue weighted by Crippen LogP contribution is 2.31. The summed E-state index contributed by atoms with van der Waals surface area (Å²) in [5.74, 6) is 0.0949. The van der Waals surface area contributed by atoms with Gasteiger partial charge in [-0.2, -0.15) is 0 Å². The molecule has 0 radical (unpaired) electrons. The Bertz CT molecular complexity index is 455. The van der Waals surface area contributed by atoms with E-state index in [9.17, 15) is 4.79 Å². The lowest BCUT2D eigenvalue weighted by Gasteiger charge is -2.28. The number of rotatable bonds is 7. The maximum Gasteiger partial charge on any atom is 0.224 e. The molecule has 2 N–H and O–H groups in total. The maximum atomic E-state index is 12.0. The zero-order chi connectivity index (χ0) is 15.1. The van der Waals surface area contributed by atoms with Gasteiger partial charge in [0.05, 0.1) is 11.4 Å². The Kier molecular flexibility index (Phi) is 6.05. The average molecular weight is 289 g/mol. The molecule has 0 unspecified atom stereocenters. The third kappa shape index (κ3) is 4.46. The molecule has 0 aromatic heterocycles. The van der Waals surface area contributed by atoms with E-state index < -0.39 is 0 Å². The smallest absolute Gasteiger partial charge is 0.224 e. The molecule has 1 aromatic carbocycles. The quantitative estimate of drug-likeness (QED) is 0.758. The molecule has 1 saturated carbocycles. The van der Waals surface area contributed by atoms with Gasteiger partial charge in [-0.15, -0.1) is 0 Å². The molecule has 1 aliphatic rings. The predicted octanol–water partition coefficient (Wildman–Crippen LogP) is 3.00. The number of hydrogen-bond donors (Lipinski definition) is 2. The standard InChI is InChI=1S/C17H27N3O/c1-18-13-7-12-17(21)19-15-10-5-6-11-16(15)20(2)14-8-3-4-9-14/h5-6,10-11,14,18H,3-4,7-9,12-13H2,1-2H3,(H,19,21). The highest BCUT2D eigenvalue weighted by atomic mass is 16.1. The largest absolute Gasteiger partial charge is 0.370 e. The van der Waals surface area contributed by atoms with E-state index in [1.165, 1.54) is 25.7 Å². The average Bonchev–Trinajstić information content (AvgIpc) is 3.01. The molecule has 0 bridgehead atoms. The Labute approximate surface area is 127 Å². The van der Waals surface area contributed by atoms with Crippen LogP contribution in [-0.4, -0.2) is 32.6 Å². The second kappa shape index (κ2) is 8.03. The van der Waals surface area contributed by atoms with Gasteiger partial charge in [-0.05, 0) is 45.0 Å². The Morgan fingerprint density at radius 2 is 2.00 bits per heavy atom. The molecule has 0 aliphatic heterocycles. The van der Waals surface area contributed by atoms with Crippen LogP contribution in [0.4, 0.5) is 11.4 Å². The van der Waals surface area contributed by atoms with Crippen LogP contribution in [0.25, 0.3) is 0 Å². The lowest BCUT2D eigenvalue weighted by atomic mass is 10.1. The van der Waals surface area contributed by atoms with Gasteiger partial charge in [0.2, 0.25) is 5.91 Å². The lowest BCUT2D eigenvalue weighted by molar-refractivity contribution is -0.116. The molecule has 1 aromatic rings. The lowest BCUT2D eigenvalue weighted by Crippen LogP contribution is -2.29. The fourth-order valence-electron chi connectivity index (χ4n) is 3.01. The first-order chi connectivity index (χ1) is 10.2. The highest BCUT2D eigenvalue weighted by Gasteiger charge is 2.21. The van der Waals surface area contributed by atoms with Crippen LogP contribution in [0.1, 0.15) is 38.5 Å². The van der Waals surface area contributed by atoms with Crippen LogP contribution in [0.2, 0.25) is 0 Å². The van der Waals surface area contributed by atoms with Crippen molar-refractivity contribution in [1.29, 1.82) is 0 Å². The van der Waals surface area contributed by atoms with Crippen molar-refractivity contribution in [2.75, 3.05) is 30.9 Å². The number of anilines is 2. The third-order valence-electron chi connectivity index (χ3n) is 4.26. The molecule has 0 heterocycles. The monoisotopic (exact) mass is 289 g/mol. The van der Waals surface area contributed by atoms with Crippen molar-refractivity contribution < 1.29 is 4.79 Å². The van der Waals surface area contributed by atoms with Gasteiger partial charge >= 0.3 is 0 Å². The van der Waals surface area contributed by atoms with Gasteiger partial charge in [-0.25, -0.2) is 0 Å². The molecule has 1 amide bonds. The summed E-state index contributed by atoms with van der Waals surface area (Å²) < 4.78 is 0. The minimum Gasteiger partial charge on any atom is -0.370 e. The van der Waals surface area contributed by atoms with E-state index in [0.29, 0.717) is 12.5 Å². The number of carbonyl (C=O) groups excluding carboxylic acids is 1. The van der Waals surface area contributed by atoms with Crippen molar-refractivity contribution in [1.82, 2.24) is 5.32 Å². The minimum atomic E-state index is 0.0949. The summed E-state index contributed by atoms with van der Waals surface area (Å²) in [7, 11) is 4.05. The van der Waals surface area contributed by atoms with Gasteiger partial charge < -0.3 is 15.5 Å². The number of amides is 1. The summed E-state index contributed by atoms with van der Waals surface area (Å²) >= 11 is 0. The van der Waals surface area contributed by atoms with E-state index in [2.05, 4.69) is 28.6 Å². The van der Waals surface area contributed by atoms with Gasteiger partial charge in [0, 0.05) is 19.5 Å². The van der Waals surface area contributed by atoms with Crippen LogP contribution in [0.15, 0.2) is 24.3 Å². The minimum absolute atomic E-state index is 0.0949. The summed E-state index contributed by atoms with van der Waals surface area (Å²) in [4.78, 5) is 14.4. The van der Waals surface area contributed by atoms with E-state index in [1.807, 2.05) is 25.2 Å². The van der Waals surface area contributed by atoms with E-state index >= 15 is 0 Å². The number of carbonyl (C=O) groups is 1. The summed E-state index contributed by atoms with van der Waals surface area (Å²) in [5, 5.41) is 6.13. The summed E-state index contributed by atoms with van der Waals surface area (Å²) in [5.41, 5.74) is 2.06. The van der Waals surface area contributed by atoms with Crippen LogP contribution in [-0.2, 0) is 4.79 Å². The van der Waals surface area contributed by atoms with E-state index in [-0.39, 0.29) is 5.91 Å². The van der Waals surface area contributed by atoms with Gasteiger partial charge in [0.25, 0.3) is 0 Å². The molecule has 21 heavy (non-hydrogen) atoms. The van der Waals surface area contributed by atoms with Crippen molar-refractivity contribution in [3.05, 3.63) is 24.3 Å².